The fourth-order valence-corrected chi connectivity index (χ4v) is 4.54. The van der Waals surface area contributed by atoms with Gasteiger partial charge < -0.3 is 10.1 Å². The number of hydrogen-bond acceptors (Lipinski definition) is 5. The topological polar surface area (TPSA) is 73.2 Å². The van der Waals surface area contributed by atoms with E-state index >= 15 is 0 Å². The summed E-state index contributed by atoms with van der Waals surface area (Å²) in [6, 6.07) is 22.4. The van der Waals surface area contributed by atoms with Crippen LogP contribution in [0.2, 0.25) is 5.02 Å². The van der Waals surface area contributed by atoms with Crippen LogP contribution in [0, 0.1) is 0 Å². The molecule has 6 nitrogen and oxygen atoms in total. The normalized spacial score (nSPS) is 11.0. The number of thioether (sulfide) groups is 1. The number of nitrogens with one attached hydrogen (secondary N) is 1. The molecule has 0 aliphatic carbocycles. The van der Waals surface area contributed by atoms with Crippen molar-refractivity contribution >= 4 is 40.2 Å². The number of halogens is 1. The number of benzene rings is 3. The zero-order valence-electron chi connectivity index (χ0n) is 18.7. The number of nitrogens with zero attached hydrogens (tertiary/aromatic N) is 2. The lowest BCUT2D eigenvalue weighted by molar-refractivity contribution is 0.0937. The van der Waals surface area contributed by atoms with Gasteiger partial charge in [-0.25, -0.2) is 4.98 Å². The maximum Gasteiger partial charge on any atom is 0.262 e. The molecular formula is C26H24ClN3O3S. The van der Waals surface area contributed by atoms with Gasteiger partial charge in [0.25, 0.3) is 11.5 Å². The number of hydrogen-bond donors (Lipinski definition) is 1. The summed E-state index contributed by atoms with van der Waals surface area (Å²) < 4.78 is 6.67. The van der Waals surface area contributed by atoms with E-state index in [9.17, 15) is 9.59 Å². The number of rotatable bonds is 9. The summed E-state index contributed by atoms with van der Waals surface area (Å²) in [7, 11) is 1.58. The molecule has 0 unspecified atom stereocenters. The smallest absolute Gasteiger partial charge is 0.262 e. The molecule has 0 radical (unpaired) electrons. The molecule has 0 fully saturated rings. The van der Waals surface area contributed by atoms with Crippen molar-refractivity contribution in [2.45, 2.75) is 17.5 Å². The van der Waals surface area contributed by atoms with Gasteiger partial charge in [-0.3, -0.25) is 14.2 Å². The van der Waals surface area contributed by atoms with E-state index in [0.717, 1.165) is 11.1 Å². The number of methoxy groups -OCH3 is 1. The quantitative estimate of drug-likeness (QED) is 0.206. The van der Waals surface area contributed by atoms with Crippen molar-refractivity contribution in [3.8, 4) is 0 Å². The maximum atomic E-state index is 13.5. The van der Waals surface area contributed by atoms with Crippen molar-refractivity contribution in [3.63, 3.8) is 0 Å². The minimum Gasteiger partial charge on any atom is -0.383 e. The predicted octanol–water partition coefficient (Wildman–Crippen LogP) is 4.77. The number of carbonyl (C=O) groups excluding carboxylic acids is 1. The molecule has 0 atom stereocenters. The summed E-state index contributed by atoms with van der Waals surface area (Å²) in [6.45, 7) is 1.24. The summed E-state index contributed by atoms with van der Waals surface area (Å²) in [5, 5.41) is 4.54. The summed E-state index contributed by atoms with van der Waals surface area (Å²) in [6.07, 6.45) is 0. The number of fused-ring (bicyclic) bond motifs is 1. The Morgan fingerprint density at radius 3 is 2.56 bits per heavy atom. The molecule has 0 saturated carbocycles. The fourth-order valence-electron chi connectivity index (χ4n) is 3.45. The third-order valence-electron chi connectivity index (χ3n) is 5.24. The first-order valence-corrected chi connectivity index (χ1v) is 12.1. The van der Waals surface area contributed by atoms with Crippen LogP contribution in [0.5, 0.6) is 0 Å². The Hall–Kier alpha value is -3.13. The predicted molar refractivity (Wildman–Crippen MR) is 137 cm³/mol. The number of amides is 1. The van der Waals surface area contributed by atoms with Crippen molar-refractivity contribution in [3.05, 3.63) is 105 Å². The van der Waals surface area contributed by atoms with Crippen molar-refractivity contribution in [1.29, 1.82) is 0 Å². The maximum absolute atomic E-state index is 13.5. The lowest BCUT2D eigenvalue weighted by atomic mass is 10.1. The van der Waals surface area contributed by atoms with Crippen molar-refractivity contribution in [2.24, 2.45) is 0 Å². The Morgan fingerprint density at radius 2 is 1.82 bits per heavy atom. The van der Waals surface area contributed by atoms with E-state index in [-0.39, 0.29) is 11.5 Å². The zero-order valence-corrected chi connectivity index (χ0v) is 20.2. The van der Waals surface area contributed by atoms with Crippen LogP contribution in [0.15, 0.2) is 82.7 Å². The molecule has 0 spiro atoms. The van der Waals surface area contributed by atoms with Gasteiger partial charge in [-0.2, -0.15) is 0 Å². The molecule has 4 rings (SSSR count). The van der Waals surface area contributed by atoms with Crippen LogP contribution < -0.4 is 10.9 Å². The highest BCUT2D eigenvalue weighted by atomic mass is 35.5. The number of carbonyl (C=O) groups is 1. The molecule has 1 heterocycles. The van der Waals surface area contributed by atoms with Gasteiger partial charge in [0.05, 0.1) is 24.1 Å². The molecule has 174 valence electrons. The molecular weight excluding hydrogens is 470 g/mol. The minimum absolute atomic E-state index is 0.140. The number of ether oxygens (including phenoxy) is 1. The van der Waals surface area contributed by atoms with Crippen molar-refractivity contribution in [1.82, 2.24) is 14.9 Å². The van der Waals surface area contributed by atoms with Crippen LogP contribution >= 0.6 is 23.4 Å². The highest BCUT2D eigenvalue weighted by molar-refractivity contribution is 7.98. The van der Waals surface area contributed by atoms with E-state index in [1.54, 1.807) is 29.9 Å². The molecule has 1 N–H and O–H groups in total. The summed E-state index contributed by atoms with van der Waals surface area (Å²) in [4.78, 5) is 30.8. The van der Waals surface area contributed by atoms with Gasteiger partial charge in [-0.15, -0.1) is 0 Å². The third-order valence-corrected chi connectivity index (χ3v) is 6.54. The van der Waals surface area contributed by atoms with E-state index < -0.39 is 0 Å². The standard InChI is InChI=1S/C26H24ClN3O3S/c1-33-14-13-28-24(31)20-9-12-22-23(15-20)29-26(34-17-19-7-10-21(27)11-8-19)30(25(22)32)16-18-5-3-2-4-6-18/h2-12,15H,13-14,16-17H2,1H3,(H,28,31). The Bertz CT molecular complexity index is 1340. The van der Waals surface area contributed by atoms with E-state index in [0.29, 0.717) is 52.1 Å². The van der Waals surface area contributed by atoms with Gasteiger partial charge in [-0.1, -0.05) is 65.8 Å². The van der Waals surface area contributed by atoms with Crippen LogP contribution in [-0.2, 0) is 17.0 Å². The van der Waals surface area contributed by atoms with Crippen LogP contribution in [0.4, 0.5) is 0 Å². The lowest BCUT2D eigenvalue weighted by Gasteiger charge is -2.14. The monoisotopic (exact) mass is 493 g/mol. The summed E-state index contributed by atoms with van der Waals surface area (Å²) in [5.41, 5.74) is 2.88. The second-order valence-corrected chi connectivity index (χ2v) is 9.05. The SMILES string of the molecule is COCCNC(=O)c1ccc2c(=O)n(Cc3ccccc3)c(SCc3ccc(Cl)cc3)nc2c1. The Morgan fingerprint density at radius 1 is 1.06 bits per heavy atom. The van der Waals surface area contributed by atoms with E-state index in [1.165, 1.54) is 11.8 Å². The van der Waals surface area contributed by atoms with E-state index in [1.807, 2.05) is 54.6 Å². The Balaban J connectivity index is 1.71. The Labute approximate surface area is 206 Å². The zero-order chi connectivity index (χ0) is 23.9. The Kier molecular flexibility index (Phi) is 8.00. The molecule has 8 heteroatoms. The van der Waals surface area contributed by atoms with Crippen LogP contribution in [0.1, 0.15) is 21.5 Å². The van der Waals surface area contributed by atoms with Gasteiger partial charge in [0.15, 0.2) is 5.16 Å². The molecule has 4 aromatic rings. The molecule has 34 heavy (non-hydrogen) atoms. The molecule has 3 aromatic carbocycles. The first-order chi connectivity index (χ1) is 16.5. The van der Waals surface area contributed by atoms with Gasteiger partial charge in [0.1, 0.15) is 0 Å². The average Bonchev–Trinajstić information content (AvgIpc) is 2.86. The number of aromatic nitrogens is 2. The second-order valence-electron chi connectivity index (χ2n) is 7.67. The second kappa shape index (κ2) is 11.3. The van der Waals surface area contributed by atoms with E-state index in [4.69, 9.17) is 21.3 Å². The van der Waals surface area contributed by atoms with Gasteiger partial charge in [0.2, 0.25) is 0 Å². The van der Waals surface area contributed by atoms with Gasteiger partial charge >= 0.3 is 0 Å². The molecule has 0 saturated heterocycles. The van der Waals surface area contributed by atoms with Crippen molar-refractivity contribution < 1.29 is 9.53 Å². The van der Waals surface area contributed by atoms with Gasteiger partial charge in [0, 0.05) is 30.0 Å². The molecule has 0 bridgehead atoms. The summed E-state index contributed by atoms with van der Waals surface area (Å²) >= 11 is 7.48. The van der Waals surface area contributed by atoms with Crippen LogP contribution in [0.25, 0.3) is 10.9 Å². The lowest BCUT2D eigenvalue weighted by Crippen LogP contribution is -2.27. The first-order valence-electron chi connectivity index (χ1n) is 10.8. The van der Waals surface area contributed by atoms with Crippen LogP contribution in [-0.4, -0.2) is 35.7 Å². The largest absolute Gasteiger partial charge is 0.383 e. The van der Waals surface area contributed by atoms with Gasteiger partial charge in [-0.05, 0) is 41.5 Å². The average molecular weight is 494 g/mol. The third kappa shape index (κ3) is 5.86. The first kappa shape index (κ1) is 24.0. The molecule has 1 amide bonds. The van der Waals surface area contributed by atoms with Crippen LogP contribution in [0.3, 0.4) is 0 Å². The fraction of sp³-hybridized carbons (Fsp3) is 0.192. The molecule has 0 aliphatic heterocycles. The molecule has 0 aliphatic rings. The summed E-state index contributed by atoms with van der Waals surface area (Å²) in [5.74, 6) is 0.394. The van der Waals surface area contributed by atoms with E-state index in [2.05, 4.69) is 5.32 Å². The minimum atomic E-state index is -0.232. The highest BCUT2D eigenvalue weighted by Crippen LogP contribution is 2.24. The van der Waals surface area contributed by atoms with Crippen molar-refractivity contribution in [2.75, 3.05) is 20.3 Å². The molecule has 1 aromatic heterocycles. The highest BCUT2D eigenvalue weighted by Gasteiger charge is 2.15.